The Morgan fingerprint density at radius 1 is 1.02 bits per heavy atom. The molecule has 2 aromatic carbocycles. The predicted molar refractivity (Wildman–Crippen MR) is 152 cm³/mol. The molecule has 0 saturated carbocycles. The van der Waals surface area contributed by atoms with Gasteiger partial charge in [-0.3, -0.25) is 4.79 Å². The van der Waals surface area contributed by atoms with Gasteiger partial charge in [0, 0.05) is 12.1 Å². The van der Waals surface area contributed by atoms with Crippen LogP contribution in [0.2, 0.25) is 0 Å². The van der Waals surface area contributed by atoms with Gasteiger partial charge in [0.15, 0.2) is 0 Å². The number of imidazole rings is 2. The maximum absolute atomic E-state index is 13.3. The molecule has 5 rings (SSSR count). The molecule has 9 heteroatoms. The third-order valence-electron chi connectivity index (χ3n) is 7.09. The van der Waals surface area contributed by atoms with E-state index in [1.165, 1.54) is 7.11 Å². The predicted octanol–water partition coefficient (Wildman–Crippen LogP) is 4.91. The molecule has 2 atom stereocenters. The first-order valence-corrected chi connectivity index (χ1v) is 13.3. The van der Waals surface area contributed by atoms with Crippen LogP contribution in [0.15, 0.2) is 67.3 Å². The van der Waals surface area contributed by atoms with E-state index in [0.717, 1.165) is 40.8 Å². The van der Waals surface area contributed by atoms with E-state index >= 15 is 0 Å². The van der Waals surface area contributed by atoms with Crippen LogP contribution in [0.3, 0.4) is 0 Å². The van der Waals surface area contributed by atoms with Gasteiger partial charge in [0.1, 0.15) is 17.6 Å². The summed E-state index contributed by atoms with van der Waals surface area (Å²) >= 11 is 0. The zero-order chi connectivity index (χ0) is 28.1. The van der Waals surface area contributed by atoms with Gasteiger partial charge >= 0.3 is 6.09 Å². The lowest BCUT2D eigenvalue weighted by molar-refractivity contribution is -0.135. The first kappa shape index (κ1) is 26.8. The Hall–Kier alpha value is -4.84. The highest BCUT2D eigenvalue weighted by atomic mass is 16.5. The van der Waals surface area contributed by atoms with Crippen molar-refractivity contribution in [2.45, 2.75) is 38.8 Å². The number of H-pyrrole nitrogens is 2. The van der Waals surface area contributed by atoms with Gasteiger partial charge in [-0.05, 0) is 53.5 Å². The number of aromatic amines is 2. The van der Waals surface area contributed by atoms with Crippen molar-refractivity contribution >= 4 is 12.0 Å². The van der Waals surface area contributed by atoms with Crippen LogP contribution in [0.1, 0.15) is 49.8 Å². The van der Waals surface area contributed by atoms with Gasteiger partial charge in [-0.15, -0.1) is 0 Å². The molecule has 2 aromatic heterocycles. The molecule has 2 amide bonds. The number of carbonyl (C=O) groups is 2. The molecule has 1 aliphatic heterocycles. The number of methoxy groups -OCH3 is 1. The monoisotopic (exact) mass is 536 g/mol. The van der Waals surface area contributed by atoms with Crippen LogP contribution in [0, 0.1) is 17.8 Å². The fraction of sp³-hybridized carbons (Fsp3) is 0.290. The van der Waals surface area contributed by atoms with Crippen LogP contribution in [-0.4, -0.2) is 56.5 Å². The summed E-state index contributed by atoms with van der Waals surface area (Å²) in [6.45, 7) is 4.40. The molecule has 0 aliphatic carbocycles. The average Bonchev–Trinajstić information content (AvgIpc) is 3.76. The maximum Gasteiger partial charge on any atom is 0.407 e. The minimum absolute atomic E-state index is 0.0846. The Kier molecular flexibility index (Phi) is 7.97. The number of amides is 2. The highest BCUT2D eigenvalue weighted by molar-refractivity contribution is 5.86. The highest BCUT2D eigenvalue weighted by Crippen LogP contribution is 2.31. The summed E-state index contributed by atoms with van der Waals surface area (Å²) in [6.07, 6.45) is 6.22. The van der Waals surface area contributed by atoms with Crippen LogP contribution in [0.25, 0.3) is 22.4 Å². The summed E-state index contributed by atoms with van der Waals surface area (Å²) < 4.78 is 4.71. The Balaban J connectivity index is 1.25. The Labute approximate surface area is 233 Å². The van der Waals surface area contributed by atoms with Gasteiger partial charge in [0.25, 0.3) is 0 Å². The van der Waals surface area contributed by atoms with E-state index in [-0.39, 0.29) is 17.9 Å². The maximum atomic E-state index is 13.3. The van der Waals surface area contributed by atoms with E-state index in [1.807, 2.05) is 32.2 Å². The molecule has 40 heavy (non-hydrogen) atoms. The number of nitrogens with zero attached hydrogens (tertiary/aromatic N) is 3. The molecule has 204 valence electrons. The molecular formula is C31H32N6O3. The first-order chi connectivity index (χ1) is 19.4. The average molecular weight is 537 g/mol. The van der Waals surface area contributed by atoms with Crippen LogP contribution in [-0.2, 0) is 9.53 Å². The molecule has 0 bridgehead atoms. The molecule has 9 nitrogen and oxygen atoms in total. The fourth-order valence-electron chi connectivity index (χ4n) is 4.90. The minimum Gasteiger partial charge on any atom is -0.453 e. The number of alkyl carbamates (subject to hydrolysis) is 1. The lowest BCUT2D eigenvalue weighted by Gasteiger charge is -2.29. The number of benzene rings is 2. The molecule has 0 spiro atoms. The summed E-state index contributed by atoms with van der Waals surface area (Å²) in [5, 5.41) is 2.67. The largest absolute Gasteiger partial charge is 0.453 e. The van der Waals surface area contributed by atoms with Crippen molar-refractivity contribution in [3.8, 4) is 34.2 Å². The molecule has 1 saturated heterocycles. The minimum atomic E-state index is -0.667. The van der Waals surface area contributed by atoms with E-state index in [2.05, 4.69) is 73.5 Å². The summed E-state index contributed by atoms with van der Waals surface area (Å²) in [6, 6.07) is 15.6. The molecule has 2 unspecified atom stereocenters. The number of carbonyl (C=O) groups excluding carboxylic acids is 2. The van der Waals surface area contributed by atoms with Crippen molar-refractivity contribution < 1.29 is 14.3 Å². The van der Waals surface area contributed by atoms with Gasteiger partial charge in [-0.25, -0.2) is 14.8 Å². The van der Waals surface area contributed by atoms with Gasteiger partial charge < -0.3 is 24.9 Å². The number of hydrogen-bond acceptors (Lipinski definition) is 5. The molecular weight excluding hydrogens is 504 g/mol. The number of rotatable bonds is 6. The molecule has 3 heterocycles. The number of hydrogen-bond donors (Lipinski definition) is 3. The lowest BCUT2D eigenvalue weighted by atomic mass is 10.0. The van der Waals surface area contributed by atoms with Gasteiger partial charge in [0.2, 0.25) is 5.91 Å². The SMILES string of the molecule is COC(=O)NC(C(=O)N1CCCC1c1ncc(C#Cc2ccc(-c3ccc(-c4cnc[nH]4)cc3)cc2)[nH]1)C(C)C. The van der Waals surface area contributed by atoms with E-state index in [0.29, 0.717) is 18.1 Å². The number of ether oxygens (including phenoxy) is 1. The topological polar surface area (TPSA) is 116 Å². The molecule has 1 aliphatic rings. The lowest BCUT2D eigenvalue weighted by Crippen LogP contribution is -2.51. The van der Waals surface area contributed by atoms with Crippen molar-refractivity contribution in [1.82, 2.24) is 30.2 Å². The highest BCUT2D eigenvalue weighted by Gasteiger charge is 2.37. The van der Waals surface area contributed by atoms with Crippen LogP contribution < -0.4 is 5.32 Å². The van der Waals surface area contributed by atoms with Crippen molar-refractivity contribution in [3.05, 3.63) is 84.3 Å². The fourth-order valence-corrected chi connectivity index (χ4v) is 4.90. The summed E-state index contributed by atoms with van der Waals surface area (Å²) in [5.74, 6) is 6.82. The molecule has 1 fully saturated rings. The van der Waals surface area contributed by atoms with Crippen molar-refractivity contribution in [3.63, 3.8) is 0 Å². The Morgan fingerprint density at radius 3 is 2.38 bits per heavy atom. The molecule has 4 aromatic rings. The zero-order valence-corrected chi connectivity index (χ0v) is 22.8. The number of likely N-dealkylation sites (tertiary alicyclic amines) is 1. The first-order valence-electron chi connectivity index (χ1n) is 13.3. The van der Waals surface area contributed by atoms with Crippen molar-refractivity contribution in [2.24, 2.45) is 5.92 Å². The van der Waals surface area contributed by atoms with E-state index < -0.39 is 12.1 Å². The smallest absolute Gasteiger partial charge is 0.407 e. The van der Waals surface area contributed by atoms with E-state index in [9.17, 15) is 9.59 Å². The van der Waals surface area contributed by atoms with Gasteiger partial charge in [0.05, 0.1) is 37.6 Å². The second-order valence-corrected chi connectivity index (χ2v) is 10.1. The number of nitrogens with one attached hydrogen (secondary N) is 3. The van der Waals surface area contributed by atoms with Crippen LogP contribution in [0.5, 0.6) is 0 Å². The van der Waals surface area contributed by atoms with E-state index in [4.69, 9.17) is 4.74 Å². The number of aromatic nitrogens is 4. The molecule has 3 N–H and O–H groups in total. The van der Waals surface area contributed by atoms with Crippen molar-refractivity contribution in [1.29, 1.82) is 0 Å². The van der Waals surface area contributed by atoms with Crippen LogP contribution >= 0.6 is 0 Å². The summed E-state index contributed by atoms with van der Waals surface area (Å²) in [5.41, 5.74) is 5.88. The summed E-state index contributed by atoms with van der Waals surface area (Å²) in [7, 11) is 1.29. The van der Waals surface area contributed by atoms with Gasteiger partial charge in [-0.1, -0.05) is 56.2 Å². The second kappa shape index (κ2) is 11.9. The molecule has 0 radical (unpaired) electrons. The normalized spacial score (nSPS) is 15.4. The summed E-state index contributed by atoms with van der Waals surface area (Å²) in [4.78, 5) is 41.9. The van der Waals surface area contributed by atoms with Crippen LogP contribution in [0.4, 0.5) is 4.79 Å². The Morgan fingerprint density at radius 2 is 1.73 bits per heavy atom. The van der Waals surface area contributed by atoms with Crippen molar-refractivity contribution in [2.75, 3.05) is 13.7 Å². The standard InChI is InChI=1S/C31H32N6O3/c1-20(2)28(36-31(39)40-3)30(38)37-16-4-5-27(37)29-33-17-25(35-29)15-8-21-6-9-22(10-7-21)23-11-13-24(14-12-23)26-18-32-19-34-26/h6-7,9-14,17-20,27-28H,4-5,16H2,1-3H3,(H,32,34)(H,33,35)(H,36,39). The quantitative estimate of drug-likeness (QED) is 0.303. The third-order valence-corrected chi connectivity index (χ3v) is 7.09. The zero-order valence-electron chi connectivity index (χ0n) is 22.8. The third kappa shape index (κ3) is 5.91. The van der Waals surface area contributed by atoms with Gasteiger partial charge in [-0.2, -0.15) is 0 Å². The second-order valence-electron chi connectivity index (χ2n) is 10.1. The van der Waals surface area contributed by atoms with E-state index in [1.54, 1.807) is 17.4 Å². The Bertz CT molecular complexity index is 1510.